The number of quaternary nitrogens is 1. The number of aromatic nitrogens is 1. The van der Waals surface area contributed by atoms with Crippen LogP contribution in [0.3, 0.4) is 0 Å². The number of carbonyl (C=O) groups excluding carboxylic acids is 3. The standard InChI is InChI=1S/C28H36FN5O5S/c1-16(2)11-21(27(37)33-13-17(3)25-24(33)23(35)14-39-25)30-26(36)18-5-6-19(20(29)12-18)22-15-40-28(31-22)32-7-9-34(4,38)10-8-32/h5-6,12,15-17,21,24-25H,7-11,13-14H2,1-4H3,(H,30,36)/t17-,21?,24-,25-/m1/s1. The number of Topliss-reactive ketones (excluding diaryl/α,β-unsaturated/α-hetero) is 1. The van der Waals surface area contributed by atoms with Gasteiger partial charge in [0.05, 0.1) is 45.0 Å². The van der Waals surface area contributed by atoms with Gasteiger partial charge in [-0.2, -0.15) is 0 Å². The summed E-state index contributed by atoms with van der Waals surface area (Å²) in [5, 5.41) is 17.4. The topological polar surface area (TPSA) is 115 Å². The Labute approximate surface area is 237 Å². The number of benzene rings is 1. The van der Waals surface area contributed by atoms with E-state index in [1.165, 1.54) is 23.5 Å². The van der Waals surface area contributed by atoms with Gasteiger partial charge in [0.15, 0.2) is 10.9 Å². The molecule has 1 aromatic carbocycles. The molecule has 3 aliphatic rings. The third-order valence-corrected chi connectivity index (χ3v) is 8.89. The molecule has 0 aliphatic carbocycles. The van der Waals surface area contributed by atoms with Crippen molar-refractivity contribution in [3.05, 3.63) is 40.2 Å². The second kappa shape index (κ2) is 11.2. The van der Waals surface area contributed by atoms with E-state index in [2.05, 4.69) is 10.3 Å². The Bertz CT molecular complexity index is 1290. The van der Waals surface area contributed by atoms with Crippen molar-refractivity contribution in [2.45, 2.75) is 45.4 Å². The molecule has 1 unspecified atom stereocenters. The number of nitrogens with zero attached hydrogens (tertiary/aromatic N) is 4. The van der Waals surface area contributed by atoms with E-state index in [1.807, 2.05) is 25.7 Å². The van der Waals surface area contributed by atoms with Gasteiger partial charge >= 0.3 is 0 Å². The van der Waals surface area contributed by atoms with Gasteiger partial charge in [-0.15, -0.1) is 11.3 Å². The summed E-state index contributed by atoms with van der Waals surface area (Å²) in [5.41, 5.74) is 0.824. The zero-order valence-electron chi connectivity index (χ0n) is 23.3. The highest BCUT2D eigenvalue weighted by molar-refractivity contribution is 7.14. The molecule has 5 rings (SSSR count). The zero-order chi connectivity index (χ0) is 28.8. The van der Waals surface area contributed by atoms with Gasteiger partial charge in [0.25, 0.3) is 5.91 Å². The van der Waals surface area contributed by atoms with Crippen LogP contribution < -0.4 is 10.2 Å². The Balaban J connectivity index is 1.29. The van der Waals surface area contributed by atoms with E-state index >= 15 is 4.39 Å². The summed E-state index contributed by atoms with van der Waals surface area (Å²) >= 11 is 1.39. The van der Waals surface area contributed by atoms with E-state index in [0.717, 1.165) is 11.2 Å². The van der Waals surface area contributed by atoms with Gasteiger partial charge < -0.3 is 29.7 Å². The van der Waals surface area contributed by atoms with Crippen molar-refractivity contribution < 1.29 is 28.2 Å². The van der Waals surface area contributed by atoms with Crippen LogP contribution in [0.15, 0.2) is 23.6 Å². The molecule has 216 valence electrons. The van der Waals surface area contributed by atoms with E-state index in [4.69, 9.17) is 4.74 Å². The highest BCUT2D eigenvalue weighted by atomic mass is 32.1. The normalized spacial score (nSPS) is 24.9. The van der Waals surface area contributed by atoms with Gasteiger partial charge in [0, 0.05) is 29.0 Å². The summed E-state index contributed by atoms with van der Waals surface area (Å²) in [6, 6.07) is 2.72. The summed E-state index contributed by atoms with van der Waals surface area (Å²) in [5.74, 6) is -1.48. The number of likely N-dealkylation sites (N-methyl/N-ethyl adjacent to an activating group) is 1. The van der Waals surface area contributed by atoms with Crippen LogP contribution in [0, 0.1) is 22.9 Å². The van der Waals surface area contributed by atoms with Crippen LogP contribution in [0.1, 0.15) is 37.6 Å². The monoisotopic (exact) mass is 573 g/mol. The lowest BCUT2D eigenvalue weighted by Gasteiger charge is -2.45. The molecule has 3 fully saturated rings. The first kappa shape index (κ1) is 28.6. The predicted molar refractivity (Wildman–Crippen MR) is 149 cm³/mol. The molecule has 0 saturated carbocycles. The second-order valence-electron chi connectivity index (χ2n) is 11.8. The lowest BCUT2D eigenvalue weighted by Crippen LogP contribution is -2.53. The average Bonchev–Trinajstić information content (AvgIpc) is 3.61. The van der Waals surface area contributed by atoms with Crippen LogP contribution >= 0.6 is 11.3 Å². The first-order valence-electron chi connectivity index (χ1n) is 13.7. The molecule has 10 nitrogen and oxygen atoms in total. The van der Waals surface area contributed by atoms with Gasteiger partial charge in [0.1, 0.15) is 24.5 Å². The van der Waals surface area contributed by atoms with Crippen molar-refractivity contribution in [2.75, 3.05) is 51.3 Å². The van der Waals surface area contributed by atoms with E-state index in [1.54, 1.807) is 17.3 Å². The number of ether oxygens (including phenoxy) is 1. The number of hydroxylamine groups is 3. The van der Waals surface area contributed by atoms with Crippen LogP contribution in [0.5, 0.6) is 0 Å². The number of nitrogens with one attached hydrogen (secondary N) is 1. The molecular formula is C28H36FN5O5S. The molecule has 0 spiro atoms. The van der Waals surface area contributed by atoms with Crippen molar-refractivity contribution in [3.63, 3.8) is 0 Å². The lowest BCUT2D eigenvalue weighted by atomic mass is 10.0. The number of carbonyl (C=O) groups is 3. The number of halogens is 1. The number of piperazine rings is 1. The number of thiazole rings is 1. The van der Waals surface area contributed by atoms with Gasteiger partial charge in [-0.25, -0.2) is 9.37 Å². The Morgan fingerprint density at radius 2 is 2.02 bits per heavy atom. The molecule has 12 heteroatoms. The third-order valence-electron chi connectivity index (χ3n) is 7.99. The van der Waals surface area contributed by atoms with Crippen molar-refractivity contribution in [1.29, 1.82) is 0 Å². The Hall–Kier alpha value is -2.93. The SMILES string of the molecule is CC(C)CC(NC(=O)c1ccc(-c2csc(N3CC[N+](C)([O-])CC3)n2)c(F)c1)C(=O)N1C[C@@H](C)[C@H]2OCC(=O)[C@H]21. The van der Waals surface area contributed by atoms with Crippen LogP contribution in [0.25, 0.3) is 11.3 Å². The van der Waals surface area contributed by atoms with Gasteiger partial charge in [-0.1, -0.05) is 20.8 Å². The Morgan fingerprint density at radius 1 is 1.30 bits per heavy atom. The molecule has 1 aromatic heterocycles. The minimum absolute atomic E-state index is 0.00627. The molecule has 3 aliphatic heterocycles. The zero-order valence-corrected chi connectivity index (χ0v) is 24.1. The summed E-state index contributed by atoms with van der Waals surface area (Å²) in [7, 11) is 1.66. The fourth-order valence-corrected chi connectivity index (χ4v) is 6.61. The number of ketones is 1. The number of likely N-dealkylation sites (tertiary alicyclic amines) is 1. The minimum Gasteiger partial charge on any atom is -0.633 e. The molecule has 1 N–H and O–H groups in total. The van der Waals surface area contributed by atoms with E-state index in [0.29, 0.717) is 44.8 Å². The maximum Gasteiger partial charge on any atom is 0.252 e. The predicted octanol–water partition coefficient (Wildman–Crippen LogP) is 2.67. The molecule has 40 heavy (non-hydrogen) atoms. The summed E-state index contributed by atoms with van der Waals surface area (Å²) in [4.78, 5) is 47.3. The first-order valence-corrected chi connectivity index (χ1v) is 14.6. The molecule has 4 heterocycles. The highest BCUT2D eigenvalue weighted by Gasteiger charge is 2.51. The molecular weight excluding hydrogens is 537 g/mol. The maximum atomic E-state index is 15.2. The number of rotatable bonds is 7. The van der Waals surface area contributed by atoms with Gasteiger partial charge in [-0.05, 0) is 30.5 Å². The van der Waals surface area contributed by atoms with E-state index < -0.39 is 23.8 Å². The first-order chi connectivity index (χ1) is 18.9. The van der Waals surface area contributed by atoms with Crippen LogP contribution in [-0.2, 0) is 14.3 Å². The number of hydrogen-bond acceptors (Lipinski definition) is 8. The number of amides is 2. The quantitative estimate of drug-likeness (QED) is 0.400. The van der Waals surface area contributed by atoms with E-state index in [-0.39, 0.29) is 52.0 Å². The molecule has 2 amide bonds. The number of anilines is 1. The fourth-order valence-electron chi connectivity index (χ4n) is 5.73. The third kappa shape index (κ3) is 5.76. The van der Waals surface area contributed by atoms with Crippen LogP contribution in [-0.4, -0.2) is 96.7 Å². The number of fused-ring (bicyclic) bond motifs is 1. The van der Waals surface area contributed by atoms with Crippen molar-refractivity contribution in [1.82, 2.24) is 15.2 Å². The van der Waals surface area contributed by atoms with Gasteiger partial charge in [0.2, 0.25) is 5.91 Å². The smallest absolute Gasteiger partial charge is 0.252 e. The Morgan fingerprint density at radius 3 is 2.70 bits per heavy atom. The minimum atomic E-state index is -0.852. The highest BCUT2D eigenvalue weighted by Crippen LogP contribution is 2.33. The lowest BCUT2D eigenvalue weighted by molar-refractivity contribution is -0.861. The molecule has 0 bridgehead atoms. The van der Waals surface area contributed by atoms with Crippen molar-refractivity contribution >= 4 is 34.1 Å². The molecule has 2 aromatic rings. The molecule has 0 radical (unpaired) electrons. The summed E-state index contributed by atoms with van der Waals surface area (Å²) < 4.78 is 20.6. The largest absolute Gasteiger partial charge is 0.633 e. The Kier molecular flexibility index (Phi) is 7.97. The second-order valence-corrected chi connectivity index (χ2v) is 12.6. The number of hydrogen-bond donors (Lipinski definition) is 1. The maximum absolute atomic E-state index is 15.2. The molecule has 3 saturated heterocycles. The van der Waals surface area contributed by atoms with Crippen LogP contribution in [0.2, 0.25) is 0 Å². The van der Waals surface area contributed by atoms with E-state index in [9.17, 15) is 19.6 Å². The summed E-state index contributed by atoms with van der Waals surface area (Å²) in [6.45, 7) is 8.33. The average molecular weight is 574 g/mol. The van der Waals surface area contributed by atoms with Gasteiger partial charge in [-0.3, -0.25) is 14.4 Å². The van der Waals surface area contributed by atoms with Crippen molar-refractivity contribution in [2.24, 2.45) is 11.8 Å². The fraction of sp³-hybridized carbons (Fsp3) is 0.571. The van der Waals surface area contributed by atoms with Crippen LogP contribution in [0.4, 0.5) is 9.52 Å². The molecule has 4 atom stereocenters. The van der Waals surface area contributed by atoms with Crippen molar-refractivity contribution in [3.8, 4) is 11.3 Å². The summed E-state index contributed by atoms with van der Waals surface area (Å²) in [6.07, 6.45) is 0.0611.